The molecule has 2 heterocycles. The van der Waals surface area contributed by atoms with Gasteiger partial charge in [-0.2, -0.15) is 0 Å². The van der Waals surface area contributed by atoms with Crippen molar-refractivity contribution in [1.29, 1.82) is 0 Å². The molecule has 4 heteroatoms. The topological polar surface area (TPSA) is 36.4 Å². The molecule has 0 atom stereocenters. The Labute approximate surface area is 190 Å². The lowest BCUT2D eigenvalue weighted by atomic mass is 9.66. The van der Waals surface area contributed by atoms with Crippen molar-refractivity contribution in [2.75, 3.05) is 4.90 Å². The van der Waals surface area contributed by atoms with E-state index in [4.69, 9.17) is 0 Å². The first-order valence-electron chi connectivity index (χ1n) is 10.9. The third-order valence-corrected chi connectivity index (χ3v) is 8.27. The van der Waals surface area contributed by atoms with E-state index in [9.17, 15) is 5.11 Å². The van der Waals surface area contributed by atoms with Crippen molar-refractivity contribution in [2.45, 2.75) is 64.8 Å². The molecule has 0 bridgehead atoms. The first-order valence-corrected chi connectivity index (χ1v) is 11.7. The standard InChI is InChI=1S/C27H32N2OS/c1-18-23-24(27(5,6)15-14-26(23,3)4)31-25(18)29(17-21-9-7-8-16-28-21)22-12-10-20(11-13-22)19(2)30/h7-13,16,30H,2,14-15,17H2,1,3-6H3. The van der Waals surface area contributed by atoms with Crippen LogP contribution < -0.4 is 4.90 Å². The maximum atomic E-state index is 9.76. The third kappa shape index (κ3) is 4.01. The molecule has 1 N–H and O–H groups in total. The summed E-state index contributed by atoms with van der Waals surface area (Å²) in [6, 6.07) is 14.1. The number of hydrogen-bond donors (Lipinski definition) is 1. The molecule has 31 heavy (non-hydrogen) atoms. The van der Waals surface area contributed by atoms with Crippen molar-refractivity contribution in [3.8, 4) is 0 Å². The Morgan fingerprint density at radius 1 is 1.06 bits per heavy atom. The lowest BCUT2D eigenvalue weighted by molar-refractivity contribution is 0.337. The molecule has 3 aromatic rings. The van der Waals surface area contributed by atoms with Gasteiger partial charge in [0, 0.05) is 22.3 Å². The van der Waals surface area contributed by atoms with Gasteiger partial charge < -0.3 is 10.0 Å². The Balaban J connectivity index is 1.86. The van der Waals surface area contributed by atoms with Crippen LogP contribution in [-0.4, -0.2) is 10.1 Å². The summed E-state index contributed by atoms with van der Waals surface area (Å²) >= 11 is 1.94. The number of thiophene rings is 1. The Kier molecular flexibility index (Phi) is 5.47. The molecule has 1 aliphatic rings. The average Bonchev–Trinajstić information content (AvgIpc) is 3.10. The van der Waals surface area contributed by atoms with Crippen molar-refractivity contribution in [3.63, 3.8) is 0 Å². The predicted molar refractivity (Wildman–Crippen MR) is 133 cm³/mol. The van der Waals surface area contributed by atoms with Crippen LogP contribution in [0.2, 0.25) is 0 Å². The number of anilines is 2. The van der Waals surface area contributed by atoms with Gasteiger partial charge in [0.15, 0.2) is 0 Å². The van der Waals surface area contributed by atoms with Crippen LogP contribution in [0.1, 0.15) is 67.8 Å². The SMILES string of the molecule is C=C(O)c1ccc(N(Cc2ccccn2)c2sc3c(c2C)C(C)(C)CCC3(C)C)cc1. The second-order valence-corrected chi connectivity index (χ2v) is 10.9. The second-order valence-electron chi connectivity index (χ2n) is 9.90. The molecule has 0 fully saturated rings. The maximum Gasteiger partial charge on any atom is 0.115 e. The van der Waals surface area contributed by atoms with Crippen LogP contribution in [-0.2, 0) is 17.4 Å². The van der Waals surface area contributed by atoms with E-state index in [1.54, 1.807) is 0 Å². The van der Waals surface area contributed by atoms with E-state index < -0.39 is 0 Å². The van der Waals surface area contributed by atoms with Crippen LogP contribution in [0.3, 0.4) is 0 Å². The molecule has 0 amide bonds. The average molecular weight is 433 g/mol. The van der Waals surface area contributed by atoms with E-state index in [2.05, 4.69) is 69.3 Å². The summed E-state index contributed by atoms with van der Waals surface area (Å²) in [7, 11) is 0. The van der Waals surface area contributed by atoms with E-state index in [1.807, 2.05) is 41.8 Å². The van der Waals surface area contributed by atoms with Gasteiger partial charge in [-0.1, -0.05) is 40.3 Å². The van der Waals surface area contributed by atoms with E-state index in [0.29, 0.717) is 6.54 Å². The number of aromatic nitrogens is 1. The molecule has 0 saturated carbocycles. The Hall–Kier alpha value is -2.59. The summed E-state index contributed by atoms with van der Waals surface area (Å²) in [5, 5.41) is 11.0. The first kappa shape index (κ1) is 21.6. The zero-order chi connectivity index (χ0) is 22.4. The van der Waals surface area contributed by atoms with Gasteiger partial charge in [0.1, 0.15) is 5.76 Å². The van der Waals surface area contributed by atoms with Crippen molar-refractivity contribution in [2.24, 2.45) is 0 Å². The Morgan fingerprint density at radius 3 is 2.32 bits per heavy atom. The molecule has 0 unspecified atom stereocenters. The molecular weight excluding hydrogens is 400 g/mol. The number of aliphatic hydroxyl groups excluding tert-OH is 1. The maximum absolute atomic E-state index is 9.76. The van der Waals surface area contributed by atoms with Gasteiger partial charge in [-0.05, 0) is 78.1 Å². The Bertz CT molecular complexity index is 1090. The molecule has 0 saturated heterocycles. The molecule has 162 valence electrons. The molecule has 3 nitrogen and oxygen atoms in total. The summed E-state index contributed by atoms with van der Waals surface area (Å²) in [4.78, 5) is 8.48. The number of fused-ring (bicyclic) bond motifs is 1. The van der Waals surface area contributed by atoms with Crippen LogP contribution in [0.4, 0.5) is 10.7 Å². The van der Waals surface area contributed by atoms with Gasteiger partial charge in [-0.3, -0.25) is 4.98 Å². The molecule has 1 aliphatic carbocycles. The number of benzene rings is 1. The lowest BCUT2D eigenvalue weighted by Crippen LogP contribution is -2.32. The minimum absolute atomic E-state index is 0.0918. The summed E-state index contributed by atoms with van der Waals surface area (Å²) in [6.07, 6.45) is 4.27. The van der Waals surface area contributed by atoms with E-state index in [0.717, 1.165) is 16.9 Å². The summed E-state index contributed by atoms with van der Waals surface area (Å²) in [5.74, 6) is 0.0918. The normalized spacial score (nSPS) is 16.5. The highest BCUT2D eigenvalue weighted by Crippen LogP contribution is 2.54. The number of hydrogen-bond acceptors (Lipinski definition) is 4. The van der Waals surface area contributed by atoms with Crippen molar-refractivity contribution in [1.82, 2.24) is 4.98 Å². The number of rotatable bonds is 5. The minimum atomic E-state index is 0.0918. The van der Waals surface area contributed by atoms with E-state index in [1.165, 1.54) is 33.8 Å². The van der Waals surface area contributed by atoms with E-state index in [-0.39, 0.29) is 16.6 Å². The molecule has 0 radical (unpaired) electrons. The predicted octanol–water partition coefficient (Wildman–Crippen LogP) is 7.67. The van der Waals surface area contributed by atoms with Gasteiger partial charge >= 0.3 is 0 Å². The van der Waals surface area contributed by atoms with Crippen LogP contribution in [0.15, 0.2) is 55.2 Å². The highest BCUT2D eigenvalue weighted by molar-refractivity contribution is 7.16. The number of nitrogens with zero attached hydrogens (tertiary/aromatic N) is 2. The van der Waals surface area contributed by atoms with Gasteiger partial charge in [-0.25, -0.2) is 0 Å². The highest BCUT2D eigenvalue weighted by atomic mass is 32.1. The van der Waals surface area contributed by atoms with Gasteiger partial charge in [0.05, 0.1) is 17.2 Å². The molecule has 2 aromatic heterocycles. The largest absolute Gasteiger partial charge is 0.508 e. The minimum Gasteiger partial charge on any atom is -0.508 e. The molecule has 1 aromatic carbocycles. The highest BCUT2D eigenvalue weighted by Gasteiger charge is 2.41. The monoisotopic (exact) mass is 432 g/mol. The summed E-state index contributed by atoms with van der Waals surface area (Å²) in [5.41, 5.74) is 6.13. The van der Waals surface area contributed by atoms with Gasteiger partial charge in [0.25, 0.3) is 0 Å². The molecule has 0 aliphatic heterocycles. The Morgan fingerprint density at radius 2 is 1.74 bits per heavy atom. The number of aliphatic hydroxyl groups is 1. The van der Waals surface area contributed by atoms with Crippen LogP contribution >= 0.6 is 11.3 Å². The van der Waals surface area contributed by atoms with Crippen LogP contribution in [0.5, 0.6) is 0 Å². The van der Waals surface area contributed by atoms with E-state index >= 15 is 0 Å². The van der Waals surface area contributed by atoms with Crippen molar-refractivity contribution in [3.05, 3.63) is 82.5 Å². The summed E-state index contributed by atoms with van der Waals surface area (Å²) in [6.45, 7) is 16.2. The summed E-state index contributed by atoms with van der Waals surface area (Å²) < 4.78 is 0. The molecular formula is C27H32N2OS. The quantitative estimate of drug-likeness (QED) is 0.420. The third-order valence-electron chi connectivity index (χ3n) is 6.59. The first-order chi connectivity index (χ1) is 14.6. The zero-order valence-electron chi connectivity index (χ0n) is 19.2. The van der Waals surface area contributed by atoms with Gasteiger partial charge in [-0.15, -0.1) is 11.3 Å². The van der Waals surface area contributed by atoms with Crippen molar-refractivity contribution < 1.29 is 5.11 Å². The van der Waals surface area contributed by atoms with Crippen LogP contribution in [0, 0.1) is 6.92 Å². The molecule has 4 rings (SSSR count). The van der Waals surface area contributed by atoms with Crippen molar-refractivity contribution >= 4 is 27.8 Å². The second kappa shape index (κ2) is 7.83. The van der Waals surface area contributed by atoms with Gasteiger partial charge in [0.2, 0.25) is 0 Å². The fraction of sp³-hybridized carbons (Fsp3) is 0.370. The fourth-order valence-corrected chi connectivity index (χ4v) is 6.32. The zero-order valence-corrected chi connectivity index (χ0v) is 20.0. The lowest BCUT2D eigenvalue weighted by Gasteiger charge is -2.39. The fourth-order valence-electron chi connectivity index (χ4n) is 4.68. The number of pyridine rings is 1. The molecule has 0 spiro atoms. The smallest absolute Gasteiger partial charge is 0.115 e. The van der Waals surface area contributed by atoms with Crippen LogP contribution in [0.25, 0.3) is 5.76 Å².